The third-order valence-corrected chi connectivity index (χ3v) is 1.83. The Balaban J connectivity index is 2.66. The number of hydroxylamine groups is 2. The summed E-state index contributed by atoms with van der Waals surface area (Å²) in [5.74, 6) is 0.597. The molecular weight excluding hydrogens is 190 g/mol. The SMILES string of the molecule is C=CCN(Oc1ccccc1)C(=O)CC. The number of benzene rings is 1. The molecule has 0 aliphatic carbocycles. The van der Waals surface area contributed by atoms with E-state index in [1.54, 1.807) is 25.1 Å². The van der Waals surface area contributed by atoms with E-state index in [2.05, 4.69) is 6.58 Å². The Morgan fingerprint density at radius 3 is 2.67 bits per heavy atom. The molecule has 0 heterocycles. The van der Waals surface area contributed by atoms with Crippen molar-refractivity contribution < 1.29 is 9.63 Å². The molecule has 0 atom stereocenters. The van der Waals surface area contributed by atoms with E-state index in [0.29, 0.717) is 18.7 Å². The topological polar surface area (TPSA) is 29.5 Å². The van der Waals surface area contributed by atoms with Gasteiger partial charge in [0.25, 0.3) is 5.91 Å². The van der Waals surface area contributed by atoms with Gasteiger partial charge in [0.1, 0.15) is 0 Å². The van der Waals surface area contributed by atoms with Gasteiger partial charge in [-0.15, -0.1) is 6.58 Å². The lowest BCUT2D eigenvalue weighted by atomic mass is 10.3. The van der Waals surface area contributed by atoms with E-state index in [1.165, 1.54) is 5.06 Å². The van der Waals surface area contributed by atoms with Crippen LogP contribution in [0.25, 0.3) is 0 Å². The highest BCUT2D eigenvalue weighted by Gasteiger charge is 2.11. The summed E-state index contributed by atoms with van der Waals surface area (Å²) < 4.78 is 0. The van der Waals surface area contributed by atoms with Crippen LogP contribution in [-0.4, -0.2) is 17.5 Å². The molecule has 0 aliphatic heterocycles. The molecule has 3 heteroatoms. The van der Waals surface area contributed by atoms with Crippen LogP contribution >= 0.6 is 0 Å². The summed E-state index contributed by atoms with van der Waals surface area (Å²) in [5, 5.41) is 1.31. The molecule has 0 radical (unpaired) electrons. The number of hydrogen-bond acceptors (Lipinski definition) is 2. The first-order valence-electron chi connectivity index (χ1n) is 4.92. The maximum Gasteiger partial charge on any atom is 0.255 e. The summed E-state index contributed by atoms with van der Waals surface area (Å²) in [6.07, 6.45) is 2.05. The van der Waals surface area contributed by atoms with Crippen LogP contribution in [0.15, 0.2) is 43.0 Å². The quantitative estimate of drug-likeness (QED) is 0.545. The fourth-order valence-electron chi connectivity index (χ4n) is 1.09. The second kappa shape index (κ2) is 5.86. The molecule has 0 bridgehead atoms. The van der Waals surface area contributed by atoms with Crippen molar-refractivity contribution in [3.05, 3.63) is 43.0 Å². The minimum Gasteiger partial charge on any atom is -0.377 e. The van der Waals surface area contributed by atoms with Crippen molar-refractivity contribution in [3.8, 4) is 5.75 Å². The molecule has 3 nitrogen and oxygen atoms in total. The summed E-state index contributed by atoms with van der Waals surface area (Å²) in [5.41, 5.74) is 0. The molecule has 1 rings (SSSR count). The molecule has 0 saturated heterocycles. The number of nitrogens with zero attached hydrogens (tertiary/aromatic N) is 1. The zero-order valence-electron chi connectivity index (χ0n) is 8.85. The van der Waals surface area contributed by atoms with Gasteiger partial charge in [-0.2, -0.15) is 5.06 Å². The number of carbonyl (C=O) groups excluding carboxylic acids is 1. The monoisotopic (exact) mass is 205 g/mol. The minimum absolute atomic E-state index is 0.0567. The van der Waals surface area contributed by atoms with Crippen molar-refractivity contribution in [2.24, 2.45) is 0 Å². The number of amides is 1. The van der Waals surface area contributed by atoms with Gasteiger partial charge in [0, 0.05) is 6.42 Å². The molecule has 0 fully saturated rings. The maximum absolute atomic E-state index is 11.5. The summed E-state index contributed by atoms with van der Waals surface area (Å²) >= 11 is 0. The Bertz CT molecular complexity index is 322. The second-order valence-corrected chi connectivity index (χ2v) is 3.00. The van der Waals surface area contributed by atoms with Crippen molar-refractivity contribution in [3.63, 3.8) is 0 Å². The minimum atomic E-state index is -0.0567. The first-order chi connectivity index (χ1) is 7.27. The first-order valence-corrected chi connectivity index (χ1v) is 4.92. The van der Waals surface area contributed by atoms with Crippen LogP contribution in [0.2, 0.25) is 0 Å². The van der Waals surface area contributed by atoms with Crippen LogP contribution in [0.1, 0.15) is 13.3 Å². The van der Waals surface area contributed by atoms with Gasteiger partial charge in [0.15, 0.2) is 5.75 Å². The van der Waals surface area contributed by atoms with E-state index in [9.17, 15) is 4.79 Å². The standard InChI is InChI=1S/C12H15NO2/c1-3-10-13(12(14)4-2)15-11-8-6-5-7-9-11/h3,5-9H,1,4,10H2,2H3. The molecule has 1 aromatic carbocycles. The number of para-hydroxylation sites is 1. The third-order valence-electron chi connectivity index (χ3n) is 1.83. The van der Waals surface area contributed by atoms with Crippen molar-refractivity contribution >= 4 is 5.91 Å². The third kappa shape index (κ3) is 3.46. The lowest BCUT2D eigenvalue weighted by Gasteiger charge is -2.20. The van der Waals surface area contributed by atoms with Crippen molar-refractivity contribution in [2.45, 2.75) is 13.3 Å². The summed E-state index contributed by atoms with van der Waals surface area (Å²) in [6, 6.07) is 9.22. The van der Waals surface area contributed by atoms with Gasteiger partial charge in [-0.3, -0.25) is 4.79 Å². The predicted octanol–water partition coefficient (Wildman–Crippen LogP) is 2.41. The molecule has 0 saturated carbocycles. The highest BCUT2D eigenvalue weighted by Crippen LogP contribution is 2.11. The van der Waals surface area contributed by atoms with Crippen LogP contribution in [0.3, 0.4) is 0 Å². The molecule has 0 aromatic heterocycles. The number of rotatable bonds is 5. The van der Waals surface area contributed by atoms with Crippen LogP contribution in [0.4, 0.5) is 0 Å². The van der Waals surface area contributed by atoms with E-state index in [0.717, 1.165) is 0 Å². The Hall–Kier alpha value is -1.77. The molecule has 0 aliphatic rings. The fraction of sp³-hybridized carbons (Fsp3) is 0.250. The number of carbonyl (C=O) groups is 1. The average molecular weight is 205 g/mol. The van der Waals surface area contributed by atoms with Gasteiger partial charge in [-0.05, 0) is 12.1 Å². The summed E-state index contributed by atoms with van der Waals surface area (Å²) in [4.78, 5) is 16.9. The second-order valence-electron chi connectivity index (χ2n) is 3.00. The fourth-order valence-corrected chi connectivity index (χ4v) is 1.09. The van der Waals surface area contributed by atoms with Gasteiger partial charge in [-0.1, -0.05) is 31.2 Å². The van der Waals surface area contributed by atoms with Gasteiger partial charge in [0.2, 0.25) is 0 Å². The Kier molecular flexibility index (Phi) is 4.41. The highest BCUT2D eigenvalue weighted by atomic mass is 16.7. The molecule has 80 valence electrons. The van der Waals surface area contributed by atoms with E-state index < -0.39 is 0 Å². The molecule has 0 unspecified atom stereocenters. The van der Waals surface area contributed by atoms with Crippen molar-refractivity contribution in [1.29, 1.82) is 0 Å². The van der Waals surface area contributed by atoms with Crippen LogP contribution in [0, 0.1) is 0 Å². The Morgan fingerprint density at radius 2 is 2.13 bits per heavy atom. The smallest absolute Gasteiger partial charge is 0.255 e. The number of hydrogen-bond donors (Lipinski definition) is 0. The normalized spacial score (nSPS) is 9.40. The zero-order valence-corrected chi connectivity index (χ0v) is 8.85. The maximum atomic E-state index is 11.5. The molecule has 0 N–H and O–H groups in total. The van der Waals surface area contributed by atoms with E-state index in [-0.39, 0.29) is 5.91 Å². The van der Waals surface area contributed by atoms with Gasteiger partial charge < -0.3 is 4.84 Å². The van der Waals surface area contributed by atoms with Crippen molar-refractivity contribution in [1.82, 2.24) is 5.06 Å². The largest absolute Gasteiger partial charge is 0.377 e. The lowest BCUT2D eigenvalue weighted by Crippen LogP contribution is -2.33. The van der Waals surface area contributed by atoms with Crippen LogP contribution in [-0.2, 0) is 4.79 Å². The first kappa shape index (κ1) is 11.3. The van der Waals surface area contributed by atoms with Gasteiger partial charge >= 0.3 is 0 Å². The Morgan fingerprint density at radius 1 is 1.47 bits per heavy atom. The van der Waals surface area contributed by atoms with Crippen LogP contribution < -0.4 is 4.84 Å². The van der Waals surface area contributed by atoms with E-state index >= 15 is 0 Å². The average Bonchev–Trinajstić information content (AvgIpc) is 2.29. The van der Waals surface area contributed by atoms with Crippen LogP contribution in [0.5, 0.6) is 5.75 Å². The summed E-state index contributed by atoms with van der Waals surface area (Å²) in [6.45, 7) is 5.77. The highest BCUT2D eigenvalue weighted by molar-refractivity contribution is 5.75. The van der Waals surface area contributed by atoms with Crippen molar-refractivity contribution in [2.75, 3.05) is 6.54 Å². The summed E-state index contributed by atoms with van der Waals surface area (Å²) in [7, 11) is 0. The molecular formula is C12H15NO2. The zero-order chi connectivity index (χ0) is 11.1. The molecule has 15 heavy (non-hydrogen) atoms. The molecule has 0 spiro atoms. The van der Waals surface area contributed by atoms with Gasteiger partial charge in [0.05, 0.1) is 6.54 Å². The Labute approximate surface area is 89.9 Å². The lowest BCUT2D eigenvalue weighted by molar-refractivity contribution is -0.155. The molecule has 1 aromatic rings. The van der Waals surface area contributed by atoms with Gasteiger partial charge in [-0.25, -0.2) is 0 Å². The van der Waals surface area contributed by atoms with E-state index in [1.807, 2.05) is 18.2 Å². The van der Waals surface area contributed by atoms with E-state index in [4.69, 9.17) is 4.84 Å². The molecule has 1 amide bonds. The predicted molar refractivity (Wildman–Crippen MR) is 59.3 cm³/mol.